The van der Waals surface area contributed by atoms with Crippen molar-refractivity contribution < 1.29 is 4.79 Å². The molecule has 0 aromatic heterocycles. The molecule has 110 valence electrons. The third-order valence-electron chi connectivity index (χ3n) is 3.85. The smallest absolute Gasteiger partial charge is 0.238 e. The molecule has 1 N–H and O–H groups in total. The van der Waals surface area contributed by atoms with Crippen LogP contribution < -0.4 is 5.32 Å². The van der Waals surface area contributed by atoms with Crippen LogP contribution >= 0.6 is 11.8 Å². The van der Waals surface area contributed by atoms with E-state index in [-0.39, 0.29) is 18.1 Å². The van der Waals surface area contributed by atoms with E-state index in [1.54, 1.807) is 0 Å². The van der Waals surface area contributed by atoms with Crippen LogP contribution in [0.4, 0.5) is 0 Å². The standard InChI is InChI=1S/C16H24N2OS/c1-4-20-10-9-13(3)18-15(19)11-17-16(18)14-8-6-5-7-12(14)2/h5-8,13,16-17H,4,9-11H2,1-3H3. The molecule has 1 heterocycles. The van der Waals surface area contributed by atoms with Crippen molar-refractivity contribution in [2.75, 3.05) is 18.1 Å². The van der Waals surface area contributed by atoms with Gasteiger partial charge in [0.1, 0.15) is 6.17 Å². The summed E-state index contributed by atoms with van der Waals surface area (Å²) in [7, 11) is 0. The third kappa shape index (κ3) is 3.36. The van der Waals surface area contributed by atoms with Crippen molar-refractivity contribution in [3.8, 4) is 0 Å². The van der Waals surface area contributed by atoms with Crippen molar-refractivity contribution in [2.24, 2.45) is 0 Å². The molecule has 20 heavy (non-hydrogen) atoms. The average Bonchev–Trinajstić information content (AvgIpc) is 2.81. The number of thioether (sulfide) groups is 1. The van der Waals surface area contributed by atoms with Gasteiger partial charge in [0.25, 0.3) is 0 Å². The largest absolute Gasteiger partial charge is 0.319 e. The fraction of sp³-hybridized carbons (Fsp3) is 0.562. The SMILES string of the molecule is CCSCCC(C)N1C(=O)CNC1c1ccccc1C. The van der Waals surface area contributed by atoms with Gasteiger partial charge in [0.05, 0.1) is 6.54 Å². The minimum absolute atomic E-state index is 0.0327. The zero-order chi connectivity index (χ0) is 14.5. The maximum Gasteiger partial charge on any atom is 0.238 e. The monoisotopic (exact) mass is 292 g/mol. The van der Waals surface area contributed by atoms with E-state index in [9.17, 15) is 4.79 Å². The lowest BCUT2D eigenvalue weighted by atomic mass is 10.0. The van der Waals surface area contributed by atoms with Gasteiger partial charge in [-0.25, -0.2) is 0 Å². The Hall–Kier alpha value is -1.00. The van der Waals surface area contributed by atoms with Gasteiger partial charge in [0.2, 0.25) is 5.91 Å². The topological polar surface area (TPSA) is 32.3 Å². The Bertz CT molecular complexity index is 464. The molecule has 1 saturated heterocycles. The molecule has 0 radical (unpaired) electrons. The van der Waals surface area contributed by atoms with E-state index in [2.05, 4.69) is 38.2 Å². The van der Waals surface area contributed by atoms with Gasteiger partial charge in [-0.15, -0.1) is 0 Å². The lowest BCUT2D eigenvalue weighted by Crippen LogP contribution is -2.38. The molecule has 0 bridgehead atoms. The van der Waals surface area contributed by atoms with Crippen LogP contribution in [0.3, 0.4) is 0 Å². The van der Waals surface area contributed by atoms with Crippen molar-refractivity contribution in [1.82, 2.24) is 10.2 Å². The van der Waals surface area contributed by atoms with Gasteiger partial charge in [-0.05, 0) is 42.9 Å². The molecule has 0 spiro atoms. The molecule has 1 aromatic carbocycles. The Balaban J connectivity index is 2.12. The Morgan fingerprint density at radius 3 is 2.90 bits per heavy atom. The molecule has 2 unspecified atom stereocenters. The van der Waals surface area contributed by atoms with Gasteiger partial charge in [-0.1, -0.05) is 31.2 Å². The summed E-state index contributed by atoms with van der Waals surface area (Å²) in [5.41, 5.74) is 2.45. The number of carbonyl (C=O) groups is 1. The zero-order valence-electron chi connectivity index (χ0n) is 12.6. The zero-order valence-corrected chi connectivity index (χ0v) is 13.4. The summed E-state index contributed by atoms with van der Waals surface area (Å²) in [6.07, 6.45) is 1.08. The lowest BCUT2D eigenvalue weighted by molar-refractivity contribution is -0.130. The first kappa shape index (κ1) is 15.4. The molecule has 2 atom stereocenters. The van der Waals surface area contributed by atoms with Gasteiger partial charge >= 0.3 is 0 Å². The minimum atomic E-state index is 0.0327. The molecular weight excluding hydrogens is 268 g/mol. The number of carbonyl (C=O) groups excluding carboxylic acids is 1. The number of rotatable bonds is 6. The second-order valence-corrected chi connectivity index (χ2v) is 6.67. The van der Waals surface area contributed by atoms with Crippen LogP contribution in [0.15, 0.2) is 24.3 Å². The molecule has 0 aliphatic carbocycles. The van der Waals surface area contributed by atoms with E-state index in [1.165, 1.54) is 11.1 Å². The Morgan fingerprint density at radius 2 is 2.20 bits per heavy atom. The predicted octanol–water partition coefficient (Wildman–Crippen LogP) is 2.96. The van der Waals surface area contributed by atoms with Crippen LogP contribution in [0.2, 0.25) is 0 Å². The van der Waals surface area contributed by atoms with Gasteiger partial charge in [0.15, 0.2) is 0 Å². The summed E-state index contributed by atoms with van der Waals surface area (Å²) < 4.78 is 0. The fourth-order valence-electron chi connectivity index (χ4n) is 2.71. The maximum absolute atomic E-state index is 12.2. The summed E-state index contributed by atoms with van der Waals surface area (Å²) in [5.74, 6) is 2.47. The number of amides is 1. The van der Waals surface area contributed by atoms with E-state index in [0.717, 1.165) is 17.9 Å². The van der Waals surface area contributed by atoms with Crippen molar-refractivity contribution in [2.45, 2.75) is 39.4 Å². The van der Waals surface area contributed by atoms with Gasteiger partial charge in [-0.3, -0.25) is 10.1 Å². The molecule has 3 nitrogen and oxygen atoms in total. The third-order valence-corrected chi connectivity index (χ3v) is 4.79. The molecule has 1 aliphatic rings. The van der Waals surface area contributed by atoms with Crippen LogP contribution in [-0.4, -0.2) is 34.9 Å². The minimum Gasteiger partial charge on any atom is -0.319 e. The van der Waals surface area contributed by atoms with Gasteiger partial charge in [0, 0.05) is 6.04 Å². The first-order chi connectivity index (χ1) is 9.65. The van der Waals surface area contributed by atoms with E-state index in [0.29, 0.717) is 6.54 Å². The predicted molar refractivity (Wildman–Crippen MR) is 85.8 cm³/mol. The van der Waals surface area contributed by atoms with Crippen LogP contribution in [0.1, 0.15) is 37.6 Å². The average molecular weight is 292 g/mol. The molecule has 1 amide bonds. The second kappa shape index (κ2) is 7.14. The first-order valence-corrected chi connectivity index (χ1v) is 8.48. The normalized spacial score (nSPS) is 20.4. The molecule has 0 saturated carbocycles. The van der Waals surface area contributed by atoms with Crippen LogP contribution in [0.25, 0.3) is 0 Å². The summed E-state index contributed by atoms with van der Waals surface area (Å²) in [6.45, 7) is 6.89. The number of nitrogens with one attached hydrogen (secondary N) is 1. The number of hydrogen-bond acceptors (Lipinski definition) is 3. The highest BCUT2D eigenvalue weighted by molar-refractivity contribution is 7.99. The van der Waals surface area contributed by atoms with Gasteiger partial charge in [-0.2, -0.15) is 11.8 Å². The summed E-state index contributed by atoms with van der Waals surface area (Å²) in [5, 5.41) is 3.35. The highest BCUT2D eigenvalue weighted by Crippen LogP contribution is 2.28. The molecule has 1 aliphatic heterocycles. The van der Waals surface area contributed by atoms with Crippen LogP contribution in [-0.2, 0) is 4.79 Å². The van der Waals surface area contributed by atoms with Crippen molar-refractivity contribution in [3.05, 3.63) is 35.4 Å². The second-order valence-electron chi connectivity index (χ2n) is 5.28. The summed E-state index contributed by atoms with van der Waals surface area (Å²) >= 11 is 1.94. The maximum atomic E-state index is 12.2. The molecule has 1 aromatic rings. The van der Waals surface area contributed by atoms with E-state index in [4.69, 9.17) is 0 Å². The molecular formula is C16H24N2OS. The van der Waals surface area contributed by atoms with Crippen LogP contribution in [0, 0.1) is 6.92 Å². The summed E-state index contributed by atoms with van der Waals surface area (Å²) in [6, 6.07) is 8.59. The Morgan fingerprint density at radius 1 is 1.45 bits per heavy atom. The number of hydrogen-bond donors (Lipinski definition) is 1. The molecule has 2 rings (SSSR count). The van der Waals surface area contributed by atoms with E-state index < -0.39 is 0 Å². The Labute approximate surface area is 126 Å². The van der Waals surface area contributed by atoms with Crippen molar-refractivity contribution >= 4 is 17.7 Å². The van der Waals surface area contributed by atoms with Crippen molar-refractivity contribution in [3.63, 3.8) is 0 Å². The van der Waals surface area contributed by atoms with Gasteiger partial charge < -0.3 is 4.90 Å². The number of nitrogens with zero attached hydrogens (tertiary/aromatic N) is 1. The van der Waals surface area contributed by atoms with Crippen LogP contribution in [0.5, 0.6) is 0 Å². The van der Waals surface area contributed by atoms with E-state index in [1.807, 2.05) is 28.8 Å². The highest BCUT2D eigenvalue weighted by atomic mass is 32.2. The Kier molecular flexibility index (Phi) is 5.49. The first-order valence-electron chi connectivity index (χ1n) is 7.33. The summed E-state index contributed by atoms with van der Waals surface area (Å²) in [4.78, 5) is 14.2. The van der Waals surface area contributed by atoms with Crippen molar-refractivity contribution in [1.29, 1.82) is 0 Å². The lowest BCUT2D eigenvalue weighted by Gasteiger charge is -2.31. The highest BCUT2D eigenvalue weighted by Gasteiger charge is 2.35. The quantitative estimate of drug-likeness (QED) is 0.818. The number of aryl methyl sites for hydroxylation is 1. The van der Waals surface area contributed by atoms with E-state index >= 15 is 0 Å². The molecule has 4 heteroatoms. The fourth-order valence-corrected chi connectivity index (χ4v) is 3.51. The number of benzene rings is 1. The molecule has 1 fully saturated rings.